The fourth-order valence-electron chi connectivity index (χ4n) is 2.99. The quantitative estimate of drug-likeness (QED) is 0.840. The average Bonchev–Trinajstić information content (AvgIpc) is 3.06. The Bertz CT molecular complexity index is 908. The van der Waals surface area contributed by atoms with Crippen molar-refractivity contribution in [2.24, 2.45) is 0 Å². The van der Waals surface area contributed by atoms with Gasteiger partial charge in [-0.25, -0.2) is 13.2 Å². The molecule has 0 spiro atoms. The summed E-state index contributed by atoms with van der Waals surface area (Å²) >= 11 is 0. The zero-order chi connectivity index (χ0) is 18.7. The molecule has 0 aromatic heterocycles. The molecule has 3 rings (SSSR count). The smallest absolute Gasteiger partial charge is 0.308 e. The lowest BCUT2D eigenvalue weighted by Crippen LogP contribution is -2.30. The number of nitrogens with zero attached hydrogens (tertiary/aromatic N) is 1. The number of fused-ring (bicyclic) bond motifs is 1. The van der Waals surface area contributed by atoms with Gasteiger partial charge in [0.05, 0.1) is 11.4 Å². The van der Waals surface area contributed by atoms with Crippen LogP contribution in [0.5, 0.6) is 0 Å². The molecule has 26 heavy (non-hydrogen) atoms. The third-order valence-electron chi connectivity index (χ3n) is 4.52. The predicted octanol–water partition coefficient (Wildman–Crippen LogP) is 3.61. The highest BCUT2D eigenvalue weighted by Crippen LogP contribution is 2.33. The monoisotopic (exact) mass is 373 g/mol. The molecule has 1 aliphatic heterocycles. The molecule has 1 heterocycles. The molecule has 0 aliphatic carbocycles. The lowest BCUT2D eigenvalue weighted by molar-refractivity contribution is 0.262. The van der Waals surface area contributed by atoms with Crippen molar-refractivity contribution in [3.63, 3.8) is 0 Å². The minimum absolute atomic E-state index is 0.0539. The van der Waals surface area contributed by atoms with Gasteiger partial charge in [0.1, 0.15) is 0 Å². The second-order valence-corrected chi connectivity index (χ2v) is 8.38. The minimum Gasteiger partial charge on any atom is -0.308 e. The maximum absolute atomic E-state index is 12.2. The second kappa shape index (κ2) is 7.37. The molecule has 0 fully saturated rings. The van der Waals surface area contributed by atoms with Crippen molar-refractivity contribution in [1.29, 1.82) is 0 Å². The van der Waals surface area contributed by atoms with E-state index in [2.05, 4.69) is 17.6 Å². The van der Waals surface area contributed by atoms with Crippen molar-refractivity contribution in [3.8, 4) is 0 Å². The van der Waals surface area contributed by atoms with Crippen LogP contribution in [0.15, 0.2) is 42.5 Å². The number of carbonyl (C=O) groups is 1. The van der Waals surface area contributed by atoms with Crippen LogP contribution in [-0.2, 0) is 22.9 Å². The lowest BCUT2D eigenvalue weighted by Gasteiger charge is -2.19. The molecule has 2 amide bonds. The van der Waals surface area contributed by atoms with Crippen LogP contribution in [0.2, 0.25) is 0 Å². The summed E-state index contributed by atoms with van der Waals surface area (Å²) in [5.74, 6) is 0.0539. The SMILES string of the molecule is CCc1ccc(NC(=O)Nc2ccc3c(c2)N(S(=O)(=O)CC)CC3)cc1. The first-order valence-electron chi connectivity index (χ1n) is 8.73. The molecule has 0 bridgehead atoms. The van der Waals surface area contributed by atoms with Gasteiger partial charge in [0.25, 0.3) is 0 Å². The van der Waals surface area contributed by atoms with Crippen molar-refractivity contribution < 1.29 is 13.2 Å². The maximum atomic E-state index is 12.2. The summed E-state index contributed by atoms with van der Waals surface area (Å²) in [6.45, 7) is 4.16. The van der Waals surface area contributed by atoms with Crippen LogP contribution in [-0.4, -0.2) is 26.7 Å². The zero-order valence-electron chi connectivity index (χ0n) is 15.0. The van der Waals surface area contributed by atoms with Gasteiger partial charge in [-0.15, -0.1) is 0 Å². The predicted molar refractivity (Wildman–Crippen MR) is 105 cm³/mol. The van der Waals surface area contributed by atoms with Gasteiger partial charge in [-0.3, -0.25) is 4.31 Å². The molecule has 0 atom stereocenters. The van der Waals surface area contributed by atoms with Crippen molar-refractivity contribution >= 4 is 33.1 Å². The molecule has 0 saturated heterocycles. The van der Waals surface area contributed by atoms with Gasteiger partial charge in [-0.1, -0.05) is 25.1 Å². The molecule has 7 heteroatoms. The summed E-state index contributed by atoms with van der Waals surface area (Å²) in [5.41, 5.74) is 4.09. The molecule has 2 aromatic rings. The number of aryl methyl sites for hydroxylation is 1. The van der Waals surface area contributed by atoms with Gasteiger partial charge in [0.2, 0.25) is 10.0 Å². The van der Waals surface area contributed by atoms with Crippen LogP contribution < -0.4 is 14.9 Å². The van der Waals surface area contributed by atoms with Gasteiger partial charge < -0.3 is 10.6 Å². The lowest BCUT2D eigenvalue weighted by atomic mass is 10.1. The van der Waals surface area contributed by atoms with Gasteiger partial charge in [0, 0.05) is 17.9 Å². The Labute approximate surface area is 154 Å². The molecule has 0 radical (unpaired) electrons. The number of benzene rings is 2. The number of hydrogen-bond donors (Lipinski definition) is 2. The van der Waals surface area contributed by atoms with Crippen molar-refractivity contribution in [2.45, 2.75) is 26.7 Å². The summed E-state index contributed by atoms with van der Waals surface area (Å²) in [6.07, 6.45) is 1.63. The Balaban J connectivity index is 1.72. The molecule has 138 valence electrons. The van der Waals surface area contributed by atoms with E-state index < -0.39 is 10.0 Å². The Kier molecular flexibility index (Phi) is 5.18. The van der Waals surface area contributed by atoms with E-state index in [4.69, 9.17) is 0 Å². The normalized spacial score (nSPS) is 13.4. The molecule has 2 aromatic carbocycles. The standard InChI is InChI=1S/C19H23N3O3S/c1-3-14-5-8-16(9-6-14)20-19(23)21-17-10-7-15-11-12-22(18(15)13-17)26(24,25)4-2/h5-10,13H,3-4,11-12H2,1-2H3,(H2,20,21,23). The van der Waals surface area contributed by atoms with E-state index in [9.17, 15) is 13.2 Å². The van der Waals surface area contributed by atoms with Gasteiger partial charge in [-0.2, -0.15) is 0 Å². The third-order valence-corrected chi connectivity index (χ3v) is 6.30. The first kappa shape index (κ1) is 18.3. The number of rotatable bonds is 5. The van der Waals surface area contributed by atoms with Gasteiger partial charge >= 0.3 is 6.03 Å². The Morgan fingerprint density at radius 3 is 2.35 bits per heavy atom. The van der Waals surface area contributed by atoms with Crippen LogP contribution in [0.4, 0.5) is 21.9 Å². The number of urea groups is 1. The van der Waals surface area contributed by atoms with Crippen LogP contribution in [0, 0.1) is 0 Å². The largest absolute Gasteiger partial charge is 0.323 e. The second-order valence-electron chi connectivity index (χ2n) is 6.20. The fraction of sp³-hybridized carbons (Fsp3) is 0.316. The summed E-state index contributed by atoms with van der Waals surface area (Å²) in [4.78, 5) is 12.2. The molecule has 6 nitrogen and oxygen atoms in total. The first-order valence-corrected chi connectivity index (χ1v) is 10.3. The van der Waals surface area contributed by atoms with E-state index in [1.807, 2.05) is 30.3 Å². The van der Waals surface area contributed by atoms with E-state index in [1.165, 1.54) is 9.87 Å². The third kappa shape index (κ3) is 3.83. The summed E-state index contributed by atoms with van der Waals surface area (Å²) in [7, 11) is -3.31. The highest BCUT2D eigenvalue weighted by Gasteiger charge is 2.28. The summed E-state index contributed by atoms with van der Waals surface area (Å²) in [5, 5.41) is 5.55. The van der Waals surface area contributed by atoms with Gasteiger partial charge in [0.15, 0.2) is 0 Å². The van der Waals surface area contributed by atoms with Crippen molar-refractivity contribution in [1.82, 2.24) is 0 Å². The van der Waals surface area contributed by atoms with Crippen LogP contribution in [0.3, 0.4) is 0 Å². The van der Waals surface area contributed by atoms with E-state index >= 15 is 0 Å². The van der Waals surface area contributed by atoms with E-state index in [0.29, 0.717) is 30.0 Å². The first-order chi connectivity index (χ1) is 12.4. The molecular formula is C19H23N3O3S. The Hall–Kier alpha value is -2.54. The van der Waals surface area contributed by atoms with Crippen LogP contribution in [0.1, 0.15) is 25.0 Å². The van der Waals surface area contributed by atoms with Crippen LogP contribution in [0.25, 0.3) is 0 Å². The highest BCUT2D eigenvalue weighted by atomic mass is 32.2. The van der Waals surface area contributed by atoms with Crippen LogP contribution >= 0.6 is 0 Å². The zero-order valence-corrected chi connectivity index (χ0v) is 15.8. The molecule has 0 saturated carbocycles. The number of nitrogens with one attached hydrogen (secondary N) is 2. The van der Waals surface area contributed by atoms with E-state index in [0.717, 1.165) is 12.0 Å². The fourth-order valence-corrected chi connectivity index (χ4v) is 4.14. The highest BCUT2D eigenvalue weighted by molar-refractivity contribution is 7.92. The van der Waals surface area contributed by atoms with Crippen molar-refractivity contribution in [2.75, 3.05) is 27.2 Å². The summed E-state index contributed by atoms with van der Waals surface area (Å²) in [6, 6.07) is 12.7. The molecule has 2 N–H and O–H groups in total. The topological polar surface area (TPSA) is 78.5 Å². The number of amides is 2. The van der Waals surface area contributed by atoms with Crippen molar-refractivity contribution in [3.05, 3.63) is 53.6 Å². The molecular weight excluding hydrogens is 350 g/mol. The Morgan fingerprint density at radius 2 is 1.69 bits per heavy atom. The number of carbonyl (C=O) groups excluding carboxylic acids is 1. The minimum atomic E-state index is -3.31. The number of hydrogen-bond acceptors (Lipinski definition) is 3. The number of sulfonamides is 1. The summed E-state index contributed by atoms with van der Waals surface area (Å²) < 4.78 is 25.9. The maximum Gasteiger partial charge on any atom is 0.323 e. The molecule has 0 unspecified atom stereocenters. The number of anilines is 3. The van der Waals surface area contributed by atoms with Gasteiger partial charge in [-0.05, 0) is 55.2 Å². The molecule has 1 aliphatic rings. The van der Waals surface area contributed by atoms with E-state index in [1.54, 1.807) is 19.1 Å². The Morgan fingerprint density at radius 1 is 1.04 bits per heavy atom. The average molecular weight is 373 g/mol. The van der Waals surface area contributed by atoms with E-state index in [-0.39, 0.29) is 11.8 Å².